The maximum absolute atomic E-state index is 14.1. The minimum Gasteiger partial charge on any atom is -0.380 e. The third-order valence-corrected chi connectivity index (χ3v) is 5.38. The summed E-state index contributed by atoms with van der Waals surface area (Å²) in [6.07, 6.45) is 2.11. The van der Waals surface area contributed by atoms with Crippen LogP contribution in [0, 0.1) is 24.0 Å². The maximum Gasteiger partial charge on any atom is 0.255 e. The number of amides is 1. The van der Waals surface area contributed by atoms with E-state index in [1.807, 2.05) is 30.3 Å². The molecule has 2 aromatic carbocycles. The highest BCUT2D eigenvalue weighted by atomic mass is 35.5. The van der Waals surface area contributed by atoms with E-state index in [0.29, 0.717) is 19.8 Å². The molecule has 0 saturated carbocycles. The van der Waals surface area contributed by atoms with Crippen molar-refractivity contribution >= 4 is 17.5 Å². The predicted octanol–water partition coefficient (Wildman–Crippen LogP) is 5.16. The second kappa shape index (κ2) is 10.0. The number of hydrogen-bond donors (Lipinski definition) is 2. The van der Waals surface area contributed by atoms with Gasteiger partial charge in [0.1, 0.15) is 11.6 Å². The Morgan fingerprint density at radius 1 is 1.19 bits per heavy atom. The van der Waals surface area contributed by atoms with Crippen molar-refractivity contribution in [3.05, 3.63) is 76.4 Å². The van der Waals surface area contributed by atoms with Gasteiger partial charge in [-0.25, -0.2) is 8.78 Å². The van der Waals surface area contributed by atoms with Crippen LogP contribution < -0.4 is 5.32 Å². The fraction of sp³-hybridized carbons (Fsp3) is 0.304. The lowest BCUT2D eigenvalue weighted by molar-refractivity contribution is -0.104. The first kappa shape index (κ1) is 22.9. The summed E-state index contributed by atoms with van der Waals surface area (Å²) in [6.45, 7) is 5.42. The standard InChI is InChI=1S/C17H19F2N3O2.C6H5Cl/c1-10-12(18)3-4-13(19)14(10)15-11(7-21-22-15)16(23)20-6-5-17(2)8-24-9-17;7-6-4-2-1-3-5-6/h3-4,7H,5-6,8-9H2,1-2H3,(H,20,23)(H,21,22);1-5H. The molecule has 1 aliphatic rings. The smallest absolute Gasteiger partial charge is 0.255 e. The van der Waals surface area contributed by atoms with E-state index < -0.39 is 11.6 Å². The number of ether oxygens (including phenoxy) is 1. The Hall–Kier alpha value is -2.77. The Balaban J connectivity index is 0.000000330. The fourth-order valence-corrected chi connectivity index (χ4v) is 3.34. The largest absolute Gasteiger partial charge is 0.380 e. The summed E-state index contributed by atoms with van der Waals surface area (Å²) < 4.78 is 33.1. The normalized spacial score (nSPS) is 14.2. The minimum absolute atomic E-state index is 0.0250. The zero-order chi connectivity index (χ0) is 22.4. The van der Waals surface area contributed by atoms with Crippen molar-refractivity contribution in [1.29, 1.82) is 0 Å². The fourth-order valence-electron chi connectivity index (χ4n) is 3.19. The van der Waals surface area contributed by atoms with Gasteiger partial charge in [0.15, 0.2) is 0 Å². The number of H-pyrrole nitrogens is 1. The molecule has 0 unspecified atom stereocenters. The van der Waals surface area contributed by atoms with E-state index >= 15 is 0 Å². The second-order valence-corrected chi connectivity index (χ2v) is 8.23. The molecule has 0 aliphatic carbocycles. The van der Waals surface area contributed by atoms with Gasteiger partial charge in [-0.2, -0.15) is 5.10 Å². The quantitative estimate of drug-likeness (QED) is 0.567. The van der Waals surface area contributed by atoms with Crippen LogP contribution in [0.25, 0.3) is 11.3 Å². The molecule has 0 spiro atoms. The summed E-state index contributed by atoms with van der Waals surface area (Å²) in [4.78, 5) is 12.4. The van der Waals surface area contributed by atoms with Crippen molar-refractivity contribution < 1.29 is 18.3 Å². The van der Waals surface area contributed by atoms with Crippen LogP contribution in [-0.4, -0.2) is 35.9 Å². The number of hydrogen-bond acceptors (Lipinski definition) is 3. The van der Waals surface area contributed by atoms with Crippen molar-refractivity contribution in [2.45, 2.75) is 20.3 Å². The van der Waals surface area contributed by atoms with Crippen LogP contribution in [-0.2, 0) is 4.74 Å². The van der Waals surface area contributed by atoms with Crippen LogP contribution in [0.5, 0.6) is 0 Å². The van der Waals surface area contributed by atoms with E-state index in [9.17, 15) is 13.6 Å². The first-order valence-corrected chi connectivity index (χ1v) is 10.2. The van der Waals surface area contributed by atoms with Crippen LogP contribution in [0.1, 0.15) is 29.3 Å². The molecular formula is C23H24ClF2N3O2. The molecule has 1 amide bonds. The molecule has 164 valence electrons. The van der Waals surface area contributed by atoms with Gasteiger partial charge < -0.3 is 10.1 Å². The molecule has 0 radical (unpaired) electrons. The average Bonchev–Trinajstić information content (AvgIpc) is 3.20. The second-order valence-electron chi connectivity index (χ2n) is 7.79. The maximum atomic E-state index is 14.1. The lowest BCUT2D eigenvalue weighted by Crippen LogP contribution is -2.42. The molecule has 0 atom stereocenters. The molecule has 1 saturated heterocycles. The number of nitrogens with zero attached hydrogens (tertiary/aromatic N) is 1. The molecule has 2 N–H and O–H groups in total. The average molecular weight is 448 g/mol. The van der Waals surface area contributed by atoms with E-state index in [2.05, 4.69) is 22.4 Å². The van der Waals surface area contributed by atoms with Crippen LogP contribution in [0.15, 0.2) is 48.7 Å². The zero-order valence-corrected chi connectivity index (χ0v) is 18.1. The monoisotopic (exact) mass is 447 g/mol. The Morgan fingerprint density at radius 2 is 1.87 bits per heavy atom. The summed E-state index contributed by atoms with van der Waals surface area (Å²) in [5.74, 6) is -1.51. The zero-order valence-electron chi connectivity index (χ0n) is 17.3. The van der Waals surface area contributed by atoms with Crippen molar-refractivity contribution in [3.8, 4) is 11.3 Å². The van der Waals surface area contributed by atoms with E-state index in [1.54, 1.807) is 0 Å². The molecular weight excluding hydrogens is 424 g/mol. The number of carbonyl (C=O) groups excluding carboxylic acids is 1. The molecule has 2 heterocycles. The molecule has 5 nitrogen and oxygen atoms in total. The van der Waals surface area contributed by atoms with Crippen LogP contribution in [0.4, 0.5) is 8.78 Å². The lowest BCUT2D eigenvalue weighted by Gasteiger charge is -2.38. The summed E-state index contributed by atoms with van der Waals surface area (Å²) in [6, 6.07) is 11.5. The van der Waals surface area contributed by atoms with E-state index in [4.69, 9.17) is 16.3 Å². The highest BCUT2D eigenvalue weighted by molar-refractivity contribution is 6.30. The van der Waals surface area contributed by atoms with Crippen molar-refractivity contribution in [3.63, 3.8) is 0 Å². The Kier molecular flexibility index (Phi) is 7.41. The SMILES string of the molecule is Cc1c(F)ccc(F)c1-c1[nH]ncc1C(=O)NCCC1(C)COC1.Clc1ccccc1. The highest BCUT2D eigenvalue weighted by Crippen LogP contribution is 2.31. The molecule has 1 aromatic heterocycles. The molecule has 3 aromatic rings. The predicted molar refractivity (Wildman–Crippen MR) is 116 cm³/mol. The summed E-state index contributed by atoms with van der Waals surface area (Å²) >= 11 is 5.54. The van der Waals surface area contributed by atoms with Gasteiger partial charge >= 0.3 is 0 Å². The van der Waals surface area contributed by atoms with Gasteiger partial charge in [-0.1, -0.05) is 36.7 Å². The number of nitrogens with one attached hydrogen (secondary N) is 2. The first-order valence-electron chi connectivity index (χ1n) is 9.85. The summed E-state index contributed by atoms with van der Waals surface area (Å²) in [5, 5.41) is 10.0. The van der Waals surface area contributed by atoms with Gasteiger partial charge in [-0.05, 0) is 43.2 Å². The number of carbonyl (C=O) groups is 1. The van der Waals surface area contributed by atoms with Gasteiger partial charge in [0, 0.05) is 22.5 Å². The van der Waals surface area contributed by atoms with Crippen molar-refractivity contribution in [2.24, 2.45) is 5.41 Å². The minimum atomic E-state index is -0.605. The molecule has 8 heteroatoms. The molecule has 1 aliphatic heterocycles. The van der Waals surface area contributed by atoms with Crippen LogP contribution in [0.2, 0.25) is 5.02 Å². The Morgan fingerprint density at radius 3 is 2.45 bits per heavy atom. The highest BCUT2D eigenvalue weighted by Gasteiger charge is 2.32. The van der Waals surface area contributed by atoms with Crippen molar-refractivity contribution in [1.82, 2.24) is 15.5 Å². The van der Waals surface area contributed by atoms with Gasteiger partial charge in [0.25, 0.3) is 5.91 Å². The number of rotatable bonds is 5. The third-order valence-electron chi connectivity index (χ3n) is 5.13. The molecule has 31 heavy (non-hydrogen) atoms. The number of benzene rings is 2. The molecule has 4 rings (SSSR count). The lowest BCUT2D eigenvalue weighted by atomic mass is 9.85. The van der Waals surface area contributed by atoms with Crippen LogP contribution in [0.3, 0.4) is 0 Å². The number of aromatic nitrogens is 2. The van der Waals surface area contributed by atoms with Gasteiger partial charge in [0.05, 0.1) is 30.7 Å². The Bertz CT molecular complexity index is 1040. The van der Waals surface area contributed by atoms with Crippen molar-refractivity contribution in [2.75, 3.05) is 19.8 Å². The van der Waals surface area contributed by atoms with E-state index in [0.717, 1.165) is 23.6 Å². The van der Waals surface area contributed by atoms with Gasteiger partial charge in [-0.15, -0.1) is 0 Å². The molecule has 1 fully saturated rings. The first-order chi connectivity index (χ1) is 14.8. The van der Waals surface area contributed by atoms with Gasteiger partial charge in [0.2, 0.25) is 0 Å². The Labute approximate surface area is 184 Å². The third kappa shape index (κ3) is 5.68. The van der Waals surface area contributed by atoms with Crippen LogP contribution >= 0.6 is 11.6 Å². The van der Waals surface area contributed by atoms with E-state index in [-0.39, 0.29) is 33.7 Å². The number of halogens is 3. The number of aromatic amines is 1. The van der Waals surface area contributed by atoms with E-state index in [1.165, 1.54) is 13.1 Å². The molecule has 0 bridgehead atoms. The van der Waals surface area contributed by atoms with Gasteiger partial charge in [-0.3, -0.25) is 9.89 Å². The topological polar surface area (TPSA) is 67.0 Å². The summed E-state index contributed by atoms with van der Waals surface area (Å²) in [5.41, 5.74) is 0.625. The summed E-state index contributed by atoms with van der Waals surface area (Å²) in [7, 11) is 0.